The van der Waals surface area contributed by atoms with Crippen LogP contribution in [0.1, 0.15) is 21.6 Å². The predicted octanol–water partition coefficient (Wildman–Crippen LogP) is 5.00. The first kappa shape index (κ1) is 14.9. The third-order valence-electron chi connectivity index (χ3n) is 3.66. The minimum atomic E-state index is -0.967. The molecule has 3 nitrogen and oxygen atoms in total. The van der Waals surface area contributed by atoms with E-state index in [9.17, 15) is 9.90 Å². The summed E-state index contributed by atoms with van der Waals surface area (Å²) in [6.45, 7) is 2.37. The van der Waals surface area contributed by atoms with Crippen LogP contribution in [0.25, 0.3) is 10.9 Å². The minimum absolute atomic E-state index is 0.231. The van der Waals surface area contributed by atoms with Crippen LogP contribution in [-0.4, -0.2) is 15.6 Å². The van der Waals surface area contributed by atoms with E-state index in [2.05, 4.69) is 0 Å². The number of aromatic nitrogens is 1. The van der Waals surface area contributed by atoms with Gasteiger partial charge in [0.05, 0.1) is 0 Å². The summed E-state index contributed by atoms with van der Waals surface area (Å²) in [7, 11) is 0. The van der Waals surface area contributed by atoms with Crippen molar-refractivity contribution in [1.29, 1.82) is 0 Å². The van der Waals surface area contributed by atoms with Gasteiger partial charge in [-0.05, 0) is 48.4 Å². The van der Waals surface area contributed by atoms with Gasteiger partial charge in [0, 0.05) is 27.5 Å². The third kappa shape index (κ3) is 2.70. The van der Waals surface area contributed by atoms with Gasteiger partial charge in [-0.2, -0.15) is 0 Å². The van der Waals surface area contributed by atoms with Gasteiger partial charge in [0.25, 0.3) is 0 Å². The van der Waals surface area contributed by atoms with Gasteiger partial charge in [-0.15, -0.1) is 0 Å². The summed E-state index contributed by atoms with van der Waals surface area (Å²) in [4.78, 5) is 11.5. The Morgan fingerprint density at radius 3 is 2.59 bits per heavy atom. The summed E-state index contributed by atoms with van der Waals surface area (Å²) < 4.78 is 1.76. The maximum atomic E-state index is 11.5. The lowest BCUT2D eigenvalue weighted by molar-refractivity contribution is 0.0686. The van der Waals surface area contributed by atoms with Gasteiger partial charge >= 0.3 is 5.97 Å². The fourth-order valence-electron chi connectivity index (χ4n) is 2.51. The first-order valence-corrected chi connectivity index (χ1v) is 7.48. The molecule has 0 saturated heterocycles. The molecule has 0 aliphatic heterocycles. The van der Waals surface area contributed by atoms with E-state index in [0.29, 0.717) is 16.6 Å². The summed E-state index contributed by atoms with van der Waals surface area (Å²) in [5.74, 6) is -0.967. The molecule has 0 spiro atoms. The van der Waals surface area contributed by atoms with E-state index in [0.717, 1.165) is 22.0 Å². The Morgan fingerprint density at radius 1 is 1.14 bits per heavy atom. The Bertz CT molecular complexity index is 884. The molecule has 22 heavy (non-hydrogen) atoms. The average molecular weight is 334 g/mol. The smallest absolute Gasteiger partial charge is 0.352 e. The van der Waals surface area contributed by atoms with Crippen molar-refractivity contribution in [2.45, 2.75) is 13.5 Å². The first-order valence-electron chi connectivity index (χ1n) is 6.73. The molecule has 1 N–H and O–H groups in total. The van der Waals surface area contributed by atoms with E-state index < -0.39 is 5.97 Å². The molecule has 0 bridgehead atoms. The van der Waals surface area contributed by atoms with Crippen molar-refractivity contribution < 1.29 is 9.90 Å². The van der Waals surface area contributed by atoms with E-state index in [4.69, 9.17) is 23.2 Å². The number of fused-ring (bicyclic) bond motifs is 1. The SMILES string of the molecule is Cc1ccc(Cn2c(C(=O)O)cc3cc(Cl)ccc32)cc1Cl. The number of carboxylic acids is 1. The summed E-state index contributed by atoms with van der Waals surface area (Å²) in [5, 5.41) is 11.5. The van der Waals surface area contributed by atoms with Crippen LogP contribution in [0, 0.1) is 6.92 Å². The van der Waals surface area contributed by atoms with Crippen LogP contribution < -0.4 is 0 Å². The van der Waals surface area contributed by atoms with Crippen LogP contribution >= 0.6 is 23.2 Å². The summed E-state index contributed by atoms with van der Waals surface area (Å²) in [6.07, 6.45) is 0. The molecule has 0 fully saturated rings. The molecule has 2 aromatic carbocycles. The number of carboxylic acid groups (broad SMARTS) is 1. The fraction of sp³-hybridized carbons (Fsp3) is 0.118. The molecule has 3 aromatic rings. The number of hydrogen-bond donors (Lipinski definition) is 1. The van der Waals surface area contributed by atoms with Crippen molar-refractivity contribution in [3.63, 3.8) is 0 Å². The average Bonchev–Trinajstić information content (AvgIpc) is 2.81. The number of aryl methyl sites for hydroxylation is 1. The van der Waals surface area contributed by atoms with Crippen molar-refractivity contribution in [1.82, 2.24) is 4.57 Å². The maximum Gasteiger partial charge on any atom is 0.352 e. The van der Waals surface area contributed by atoms with Crippen LogP contribution in [0.5, 0.6) is 0 Å². The van der Waals surface area contributed by atoms with Crippen LogP contribution in [0.15, 0.2) is 42.5 Å². The molecule has 0 saturated carbocycles. The first-order chi connectivity index (χ1) is 10.5. The van der Waals surface area contributed by atoms with Crippen LogP contribution in [-0.2, 0) is 6.54 Å². The minimum Gasteiger partial charge on any atom is -0.477 e. The largest absolute Gasteiger partial charge is 0.477 e. The van der Waals surface area contributed by atoms with E-state index in [-0.39, 0.29) is 5.69 Å². The molecular weight excluding hydrogens is 321 g/mol. The van der Waals surface area contributed by atoms with Gasteiger partial charge in [0.1, 0.15) is 5.69 Å². The zero-order valence-electron chi connectivity index (χ0n) is 11.8. The molecule has 0 aliphatic carbocycles. The molecule has 1 heterocycles. The number of hydrogen-bond acceptors (Lipinski definition) is 1. The van der Waals surface area contributed by atoms with Gasteiger partial charge in [-0.25, -0.2) is 4.79 Å². The highest BCUT2D eigenvalue weighted by molar-refractivity contribution is 6.31. The van der Waals surface area contributed by atoms with Crippen molar-refractivity contribution in [3.8, 4) is 0 Å². The number of nitrogens with zero attached hydrogens (tertiary/aromatic N) is 1. The molecule has 112 valence electrons. The Labute approximate surface area is 137 Å². The Morgan fingerprint density at radius 2 is 1.91 bits per heavy atom. The lowest BCUT2D eigenvalue weighted by Gasteiger charge is -2.10. The van der Waals surface area contributed by atoms with Crippen LogP contribution in [0.4, 0.5) is 0 Å². The molecule has 0 amide bonds. The number of benzene rings is 2. The highest BCUT2D eigenvalue weighted by Crippen LogP contribution is 2.26. The lowest BCUT2D eigenvalue weighted by Crippen LogP contribution is -2.09. The number of rotatable bonds is 3. The standard InChI is InChI=1S/C17H13Cl2NO2/c1-10-2-3-11(6-14(10)19)9-20-15-5-4-13(18)7-12(15)8-16(20)17(21)22/h2-8H,9H2,1H3,(H,21,22). The molecule has 5 heteroatoms. The summed E-state index contributed by atoms with van der Waals surface area (Å²) in [5.41, 5.74) is 3.01. The second-order valence-corrected chi connectivity index (χ2v) is 6.05. The Kier molecular flexibility index (Phi) is 3.85. The zero-order valence-corrected chi connectivity index (χ0v) is 13.3. The van der Waals surface area contributed by atoms with Gasteiger partial charge in [-0.1, -0.05) is 35.3 Å². The van der Waals surface area contributed by atoms with E-state index in [1.165, 1.54) is 0 Å². The van der Waals surface area contributed by atoms with E-state index in [1.54, 1.807) is 22.8 Å². The van der Waals surface area contributed by atoms with Gasteiger partial charge in [-0.3, -0.25) is 0 Å². The highest BCUT2D eigenvalue weighted by atomic mass is 35.5. The molecule has 0 radical (unpaired) electrons. The second-order valence-electron chi connectivity index (χ2n) is 5.21. The fourth-order valence-corrected chi connectivity index (χ4v) is 2.89. The van der Waals surface area contributed by atoms with Gasteiger partial charge in [0.2, 0.25) is 0 Å². The third-order valence-corrected chi connectivity index (χ3v) is 4.30. The highest BCUT2D eigenvalue weighted by Gasteiger charge is 2.15. The Hall–Kier alpha value is -1.97. The molecule has 0 unspecified atom stereocenters. The second kappa shape index (κ2) is 5.67. The van der Waals surface area contributed by atoms with Crippen molar-refractivity contribution in [3.05, 3.63) is 69.3 Å². The molecule has 3 rings (SSSR count). The van der Waals surface area contributed by atoms with Gasteiger partial charge < -0.3 is 9.67 Å². The number of carbonyl (C=O) groups is 1. The van der Waals surface area contributed by atoms with E-state index in [1.807, 2.05) is 31.2 Å². The van der Waals surface area contributed by atoms with Gasteiger partial charge in [0.15, 0.2) is 0 Å². The predicted molar refractivity (Wildman–Crippen MR) is 89.2 cm³/mol. The quantitative estimate of drug-likeness (QED) is 0.732. The molecule has 0 aliphatic rings. The summed E-state index contributed by atoms with van der Waals surface area (Å²) >= 11 is 12.1. The van der Waals surface area contributed by atoms with E-state index >= 15 is 0 Å². The number of aromatic carboxylic acids is 1. The molecular formula is C17H13Cl2NO2. The Balaban J connectivity index is 2.13. The van der Waals surface area contributed by atoms with Crippen LogP contribution in [0.3, 0.4) is 0 Å². The van der Waals surface area contributed by atoms with Crippen molar-refractivity contribution in [2.24, 2.45) is 0 Å². The van der Waals surface area contributed by atoms with Crippen molar-refractivity contribution >= 4 is 40.1 Å². The van der Waals surface area contributed by atoms with Crippen molar-refractivity contribution in [2.75, 3.05) is 0 Å². The van der Waals surface area contributed by atoms with Crippen LogP contribution in [0.2, 0.25) is 10.0 Å². The topological polar surface area (TPSA) is 42.2 Å². The zero-order chi connectivity index (χ0) is 15.9. The normalized spacial score (nSPS) is 11.0. The number of halogens is 2. The monoisotopic (exact) mass is 333 g/mol. The lowest BCUT2D eigenvalue weighted by atomic mass is 10.1. The molecule has 1 aromatic heterocycles. The molecule has 0 atom stereocenters. The summed E-state index contributed by atoms with van der Waals surface area (Å²) in [6, 6.07) is 12.7. The maximum absolute atomic E-state index is 11.5.